The van der Waals surface area contributed by atoms with Gasteiger partial charge in [-0.1, -0.05) is 24.3 Å². The Bertz CT molecular complexity index is 1250. The van der Waals surface area contributed by atoms with Gasteiger partial charge in [0.1, 0.15) is 11.6 Å². The highest BCUT2D eigenvalue weighted by molar-refractivity contribution is 5.76. The van der Waals surface area contributed by atoms with E-state index >= 15 is 0 Å². The van der Waals surface area contributed by atoms with Crippen molar-refractivity contribution < 1.29 is 41.0 Å². The number of benzene rings is 2. The summed E-state index contributed by atoms with van der Waals surface area (Å²) in [5.41, 5.74) is -2.86. The molecule has 0 unspecified atom stereocenters. The number of aliphatic carboxylic acids is 1. The zero-order valence-corrected chi connectivity index (χ0v) is 20.8. The van der Waals surface area contributed by atoms with Gasteiger partial charge in [0.15, 0.2) is 5.60 Å². The Labute approximate surface area is 215 Å². The van der Waals surface area contributed by atoms with Crippen molar-refractivity contribution >= 4 is 11.8 Å². The van der Waals surface area contributed by atoms with Crippen LogP contribution in [0.15, 0.2) is 60.8 Å². The second-order valence-corrected chi connectivity index (χ2v) is 9.29. The number of aryl methyl sites for hydroxylation is 1. The molecular formula is C27H26F6N2O3. The predicted molar refractivity (Wildman–Crippen MR) is 129 cm³/mol. The highest BCUT2D eigenvalue weighted by Crippen LogP contribution is 2.38. The molecule has 5 nitrogen and oxygen atoms in total. The fourth-order valence-corrected chi connectivity index (χ4v) is 3.61. The van der Waals surface area contributed by atoms with Crippen molar-refractivity contribution in [2.75, 3.05) is 11.4 Å². The third-order valence-electron chi connectivity index (χ3n) is 5.81. The summed E-state index contributed by atoms with van der Waals surface area (Å²) in [5, 5.41) is 9.21. The number of carboxylic acid groups (broad SMARTS) is 1. The van der Waals surface area contributed by atoms with Crippen LogP contribution >= 0.6 is 0 Å². The molecule has 2 aromatic carbocycles. The summed E-state index contributed by atoms with van der Waals surface area (Å²) in [6.45, 7) is 4.50. The van der Waals surface area contributed by atoms with Crippen LogP contribution in [0.5, 0.6) is 5.75 Å². The summed E-state index contributed by atoms with van der Waals surface area (Å²) in [6.07, 6.45) is -7.98. The minimum absolute atomic E-state index is 0.132. The lowest BCUT2D eigenvalue weighted by atomic mass is 10.0. The van der Waals surface area contributed by atoms with Gasteiger partial charge in [0, 0.05) is 19.3 Å². The zero-order valence-electron chi connectivity index (χ0n) is 20.8. The van der Waals surface area contributed by atoms with Crippen LogP contribution in [0.25, 0.3) is 0 Å². The fourth-order valence-electron chi connectivity index (χ4n) is 3.61. The molecule has 38 heavy (non-hydrogen) atoms. The van der Waals surface area contributed by atoms with Crippen molar-refractivity contribution in [1.82, 2.24) is 4.98 Å². The molecule has 0 atom stereocenters. The van der Waals surface area contributed by atoms with E-state index in [2.05, 4.69) is 4.98 Å². The third kappa shape index (κ3) is 7.39. The topological polar surface area (TPSA) is 62.7 Å². The van der Waals surface area contributed by atoms with Crippen molar-refractivity contribution in [3.05, 3.63) is 88.6 Å². The van der Waals surface area contributed by atoms with Crippen LogP contribution < -0.4 is 9.64 Å². The van der Waals surface area contributed by atoms with Crippen molar-refractivity contribution in [3.63, 3.8) is 0 Å². The summed E-state index contributed by atoms with van der Waals surface area (Å²) in [6, 6.07) is 11.6. The molecule has 204 valence electrons. The number of carboxylic acids is 1. The molecule has 0 bridgehead atoms. The number of hydrogen-bond donors (Lipinski definition) is 1. The first-order valence-corrected chi connectivity index (χ1v) is 11.5. The smallest absolute Gasteiger partial charge is 0.416 e. The van der Waals surface area contributed by atoms with E-state index in [1.165, 1.54) is 13.8 Å². The van der Waals surface area contributed by atoms with Crippen LogP contribution in [0.3, 0.4) is 0 Å². The highest BCUT2D eigenvalue weighted by atomic mass is 19.4. The predicted octanol–water partition coefficient (Wildman–Crippen LogP) is 6.92. The number of rotatable bonds is 9. The van der Waals surface area contributed by atoms with Gasteiger partial charge in [-0.3, -0.25) is 0 Å². The van der Waals surface area contributed by atoms with Crippen molar-refractivity contribution in [2.45, 2.75) is 51.7 Å². The average Bonchev–Trinajstić information content (AvgIpc) is 2.81. The van der Waals surface area contributed by atoms with Gasteiger partial charge in [-0.2, -0.15) is 26.3 Å². The van der Waals surface area contributed by atoms with Gasteiger partial charge in [0.25, 0.3) is 0 Å². The molecule has 0 fully saturated rings. The first-order chi connectivity index (χ1) is 17.6. The summed E-state index contributed by atoms with van der Waals surface area (Å²) in [4.78, 5) is 17.1. The highest BCUT2D eigenvalue weighted by Gasteiger charge is 2.38. The quantitative estimate of drug-likeness (QED) is 0.299. The Kier molecular flexibility index (Phi) is 8.28. The van der Waals surface area contributed by atoms with Crippen LogP contribution in [-0.2, 0) is 30.1 Å². The number of pyridine rings is 1. The van der Waals surface area contributed by atoms with Crippen LogP contribution in [0.4, 0.5) is 32.2 Å². The zero-order chi connectivity index (χ0) is 28.3. The van der Waals surface area contributed by atoms with Gasteiger partial charge in [-0.15, -0.1) is 0 Å². The maximum atomic E-state index is 13.7. The monoisotopic (exact) mass is 540 g/mol. The first kappa shape index (κ1) is 28.8. The van der Waals surface area contributed by atoms with Gasteiger partial charge >= 0.3 is 18.3 Å². The van der Waals surface area contributed by atoms with E-state index in [0.29, 0.717) is 24.1 Å². The van der Waals surface area contributed by atoms with Crippen molar-refractivity contribution in [2.24, 2.45) is 0 Å². The molecule has 1 N–H and O–H groups in total. The normalized spacial score (nSPS) is 12.3. The van der Waals surface area contributed by atoms with Gasteiger partial charge in [-0.05, 0) is 74.2 Å². The van der Waals surface area contributed by atoms with E-state index in [9.17, 15) is 36.2 Å². The SMILES string of the molecule is Cc1ccc(N(CCc2ccc(OC(C)(C)C(=O)O)cc2)Cc2ccc(C(F)(F)F)cc2C(F)(F)F)nc1. The lowest BCUT2D eigenvalue weighted by molar-refractivity contribution is -0.152. The molecule has 1 aromatic heterocycles. The first-order valence-electron chi connectivity index (χ1n) is 11.5. The van der Waals surface area contributed by atoms with Gasteiger partial charge in [0.05, 0.1) is 11.1 Å². The van der Waals surface area contributed by atoms with Crippen LogP contribution in [-0.4, -0.2) is 28.2 Å². The van der Waals surface area contributed by atoms with Crippen molar-refractivity contribution in [3.8, 4) is 5.75 Å². The van der Waals surface area contributed by atoms with Crippen molar-refractivity contribution in [1.29, 1.82) is 0 Å². The van der Waals surface area contributed by atoms with E-state index in [-0.39, 0.29) is 24.7 Å². The lowest BCUT2D eigenvalue weighted by Crippen LogP contribution is -2.37. The molecule has 0 aliphatic rings. The van der Waals surface area contributed by atoms with E-state index in [0.717, 1.165) is 17.2 Å². The molecule has 11 heteroatoms. The second kappa shape index (κ2) is 10.9. The number of halogens is 6. The van der Waals surface area contributed by atoms with Crippen LogP contribution in [0.1, 0.15) is 41.7 Å². The third-order valence-corrected chi connectivity index (χ3v) is 5.81. The molecule has 3 rings (SSSR count). The molecule has 0 aliphatic heterocycles. The molecule has 1 heterocycles. The van der Waals surface area contributed by atoms with Crippen LogP contribution in [0.2, 0.25) is 0 Å². The Morgan fingerprint density at radius 3 is 2.13 bits per heavy atom. The molecule has 0 spiro atoms. The number of aromatic nitrogens is 1. The Morgan fingerprint density at radius 1 is 0.947 bits per heavy atom. The van der Waals surface area contributed by atoms with Gasteiger partial charge in [0.2, 0.25) is 0 Å². The largest absolute Gasteiger partial charge is 0.478 e. The molecule has 0 saturated carbocycles. The number of alkyl halides is 6. The minimum atomic E-state index is -4.98. The molecule has 0 saturated heterocycles. The average molecular weight is 541 g/mol. The Balaban J connectivity index is 1.86. The van der Waals surface area contributed by atoms with Gasteiger partial charge < -0.3 is 14.7 Å². The fraction of sp³-hybridized carbons (Fsp3) is 0.333. The standard InChI is InChI=1S/C27H26F6N2O3/c1-17-4-11-23(34-15-17)35(13-12-18-5-9-21(10-6-18)38-25(2,3)24(36)37)16-19-7-8-20(26(28,29)30)14-22(19)27(31,32)33/h4-11,14-15H,12-13,16H2,1-3H3,(H,36,37). The second-order valence-electron chi connectivity index (χ2n) is 9.29. The Morgan fingerprint density at radius 2 is 1.61 bits per heavy atom. The van der Waals surface area contributed by atoms with E-state index in [1.807, 2.05) is 0 Å². The Hall–Kier alpha value is -3.76. The number of anilines is 1. The van der Waals surface area contributed by atoms with Gasteiger partial charge in [-0.25, -0.2) is 9.78 Å². The molecule has 0 radical (unpaired) electrons. The summed E-state index contributed by atoms with van der Waals surface area (Å²) in [7, 11) is 0. The number of nitrogens with zero attached hydrogens (tertiary/aromatic N) is 2. The molecule has 0 aliphatic carbocycles. The number of ether oxygens (including phenoxy) is 1. The lowest BCUT2D eigenvalue weighted by Gasteiger charge is -2.26. The number of hydrogen-bond acceptors (Lipinski definition) is 4. The number of carbonyl (C=O) groups is 1. The summed E-state index contributed by atoms with van der Waals surface area (Å²) in [5.74, 6) is -0.436. The molecule has 3 aromatic rings. The van der Waals surface area contributed by atoms with E-state index < -0.39 is 35.0 Å². The maximum Gasteiger partial charge on any atom is 0.416 e. The van der Waals surface area contributed by atoms with Crippen LogP contribution in [0, 0.1) is 6.92 Å². The minimum Gasteiger partial charge on any atom is -0.478 e. The van der Waals surface area contributed by atoms with E-state index in [1.54, 1.807) is 54.4 Å². The molecular weight excluding hydrogens is 514 g/mol. The summed E-state index contributed by atoms with van der Waals surface area (Å²) < 4.78 is 85.9. The van der Waals surface area contributed by atoms with E-state index in [4.69, 9.17) is 4.74 Å². The summed E-state index contributed by atoms with van der Waals surface area (Å²) >= 11 is 0. The molecule has 0 amide bonds. The maximum absolute atomic E-state index is 13.7.